The van der Waals surface area contributed by atoms with Crippen LogP contribution in [0, 0.1) is 5.92 Å². The molecule has 2 rings (SSSR count). The number of rotatable bonds is 4. The van der Waals surface area contributed by atoms with Crippen molar-refractivity contribution in [2.24, 2.45) is 13.0 Å². The molecule has 1 heterocycles. The third kappa shape index (κ3) is 3.16. The number of nitrogens with zero attached hydrogens (tertiary/aromatic N) is 3. The van der Waals surface area contributed by atoms with Crippen molar-refractivity contribution in [1.82, 2.24) is 14.5 Å². The van der Waals surface area contributed by atoms with Gasteiger partial charge in [-0.2, -0.15) is 0 Å². The molecule has 0 fully saturated rings. The Balaban J connectivity index is 2.48. The largest absolute Gasteiger partial charge is 0.348 e. The summed E-state index contributed by atoms with van der Waals surface area (Å²) in [6, 6.07) is 7.27. The number of carbonyl (C=O) groups is 1. The van der Waals surface area contributed by atoms with Crippen molar-refractivity contribution in [3.63, 3.8) is 0 Å². The molecule has 0 saturated carbocycles. The van der Waals surface area contributed by atoms with Gasteiger partial charge in [0.05, 0.1) is 16.2 Å². The minimum Gasteiger partial charge on any atom is -0.348 e. The predicted octanol–water partition coefficient (Wildman–Crippen LogP) is 2.14. The molecule has 0 unspecified atom stereocenters. The highest BCUT2D eigenvalue weighted by Gasteiger charge is 2.26. The average molecular weight is 319 g/mol. The van der Waals surface area contributed by atoms with Gasteiger partial charge in [0.1, 0.15) is 0 Å². The van der Waals surface area contributed by atoms with E-state index in [2.05, 4.69) is 4.98 Å². The molecule has 0 spiro atoms. The van der Waals surface area contributed by atoms with Crippen molar-refractivity contribution in [2.45, 2.75) is 24.3 Å². The van der Waals surface area contributed by atoms with Gasteiger partial charge in [-0.1, -0.05) is 37.7 Å². The molecular weight excluding hydrogens is 298 g/mol. The van der Waals surface area contributed by atoms with Crippen molar-refractivity contribution >= 4 is 28.6 Å². The van der Waals surface area contributed by atoms with E-state index in [1.807, 2.05) is 32.0 Å². The van der Waals surface area contributed by atoms with Crippen LogP contribution < -0.4 is 5.56 Å². The second-order valence-electron chi connectivity index (χ2n) is 5.79. The zero-order chi connectivity index (χ0) is 16.4. The number of aromatic nitrogens is 2. The third-order valence-corrected chi connectivity index (χ3v) is 5.04. The quantitative estimate of drug-likeness (QED) is 0.640. The Hall–Kier alpha value is -1.82. The maximum absolute atomic E-state index is 12.4. The second kappa shape index (κ2) is 6.52. The zero-order valence-corrected chi connectivity index (χ0v) is 14.3. The highest BCUT2D eigenvalue weighted by atomic mass is 32.2. The topological polar surface area (TPSA) is 55.2 Å². The summed E-state index contributed by atoms with van der Waals surface area (Å²) in [6.07, 6.45) is 0. The molecule has 0 aliphatic heterocycles. The number of benzene rings is 1. The molecule has 2 aromatic rings. The standard InChI is InChI=1S/C16H21N3O2S/c1-10(2)13(15(21)18(3)4)22-16-17-12-9-7-6-8-11(12)14(20)19(16)5/h6-10,13H,1-5H3/t13-/m1/s1. The van der Waals surface area contributed by atoms with Gasteiger partial charge in [-0.3, -0.25) is 14.2 Å². The SMILES string of the molecule is CC(C)[C@@H](Sc1nc2ccccc2c(=O)n1C)C(=O)N(C)C. The maximum Gasteiger partial charge on any atom is 0.261 e. The molecule has 0 aliphatic carbocycles. The van der Waals surface area contributed by atoms with Crippen LogP contribution in [0.3, 0.4) is 0 Å². The lowest BCUT2D eigenvalue weighted by Crippen LogP contribution is -2.35. The molecule has 0 N–H and O–H groups in total. The van der Waals surface area contributed by atoms with E-state index in [4.69, 9.17) is 0 Å². The molecule has 0 radical (unpaired) electrons. The summed E-state index contributed by atoms with van der Waals surface area (Å²) in [5.74, 6) is 0.172. The monoisotopic (exact) mass is 319 g/mol. The van der Waals surface area contributed by atoms with Gasteiger partial charge in [-0.05, 0) is 18.1 Å². The Morgan fingerprint density at radius 3 is 2.50 bits per heavy atom. The van der Waals surface area contributed by atoms with E-state index in [1.165, 1.54) is 16.3 Å². The first-order valence-electron chi connectivity index (χ1n) is 7.16. The number of hydrogen-bond acceptors (Lipinski definition) is 4. The lowest BCUT2D eigenvalue weighted by Gasteiger charge is -2.23. The summed E-state index contributed by atoms with van der Waals surface area (Å²) in [4.78, 5) is 30.9. The van der Waals surface area contributed by atoms with Crippen LogP contribution in [-0.4, -0.2) is 39.7 Å². The van der Waals surface area contributed by atoms with Gasteiger partial charge in [-0.25, -0.2) is 4.98 Å². The van der Waals surface area contributed by atoms with Crippen LogP contribution in [0.4, 0.5) is 0 Å². The Kier molecular flexibility index (Phi) is 4.90. The van der Waals surface area contributed by atoms with E-state index >= 15 is 0 Å². The number of fused-ring (bicyclic) bond motifs is 1. The highest BCUT2D eigenvalue weighted by Crippen LogP contribution is 2.28. The summed E-state index contributed by atoms with van der Waals surface area (Å²) in [7, 11) is 5.18. The summed E-state index contributed by atoms with van der Waals surface area (Å²) in [5, 5.41) is 0.890. The van der Waals surface area contributed by atoms with Gasteiger partial charge >= 0.3 is 0 Å². The number of carbonyl (C=O) groups excluding carboxylic acids is 1. The number of amides is 1. The molecule has 118 valence electrons. The number of hydrogen-bond donors (Lipinski definition) is 0. The van der Waals surface area contributed by atoms with E-state index in [9.17, 15) is 9.59 Å². The van der Waals surface area contributed by atoms with Gasteiger partial charge in [0.2, 0.25) is 5.91 Å². The van der Waals surface area contributed by atoms with E-state index in [1.54, 1.807) is 32.1 Å². The van der Waals surface area contributed by atoms with Gasteiger partial charge < -0.3 is 4.90 Å². The lowest BCUT2D eigenvalue weighted by molar-refractivity contribution is -0.128. The second-order valence-corrected chi connectivity index (χ2v) is 6.90. The zero-order valence-electron chi connectivity index (χ0n) is 13.5. The Morgan fingerprint density at radius 1 is 1.27 bits per heavy atom. The van der Waals surface area contributed by atoms with Gasteiger partial charge in [-0.15, -0.1) is 0 Å². The van der Waals surface area contributed by atoms with Crippen molar-refractivity contribution in [3.05, 3.63) is 34.6 Å². The molecular formula is C16H21N3O2S. The molecule has 1 atom stereocenters. The number of para-hydroxylation sites is 1. The first-order valence-corrected chi connectivity index (χ1v) is 8.04. The van der Waals surface area contributed by atoms with Crippen molar-refractivity contribution < 1.29 is 4.79 Å². The van der Waals surface area contributed by atoms with Crippen molar-refractivity contribution in [3.8, 4) is 0 Å². The lowest BCUT2D eigenvalue weighted by atomic mass is 10.1. The van der Waals surface area contributed by atoms with E-state index in [0.29, 0.717) is 16.1 Å². The normalized spacial score (nSPS) is 12.6. The van der Waals surface area contributed by atoms with E-state index in [-0.39, 0.29) is 22.6 Å². The third-order valence-electron chi connectivity index (χ3n) is 3.46. The fourth-order valence-electron chi connectivity index (χ4n) is 2.14. The molecule has 5 nitrogen and oxygen atoms in total. The first kappa shape index (κ1) is 16.5. The van der Waals surface area contributed by atoms with Crippen LogP contribution in [0.25, 0.3) is 10.9 Å². The van der Waals surface area contributed by atoms with Crippen LogP contribution in [0.2, 0.25) is 0 Å². The van der Waals surface area contributed by atoms with Crippen LogP contribution in [0.1, 0.15) is 13.8 Å². The molecule has 6 heteroatoms. The van der Waals surface area contributed by atoms with Gasteiger partial charge in [0, 0.05) is 21.1 Å². The average Bonchev–Trinajstić information content (AvgIpc) is 2.48. The number of thioether (sulfide) groups is 1. The van der Waals surface area contributed by atoms with Crippen LogP contribution in [-0.2, 0) is 11.8 Å². The van der Waals surface area contributed by atoms with Gasteiger partial charge in [0.15, 0.2) is 5.16 Å². The molecule has 0 bridgehead atoms. The van der Waals surface area contributed by atoms with Crippen LogP contribution in [0.5, 0.6) is 0 Å². The molecule has 1 aromatic carbocycles. The fraction of sp³-hybridized carbons (Fsp3) is 0.438. The molecule has 1 amide bonds. The Morgan fingerprint density at radius 2 is 1.91 bits per heavy atom. The molecule has 22 heavy (non-hydrogen) atoms. The fourth-order valence-corrected chi connectivity index (χ4v) is 3.35. The van der Waals surface area contributed by atoms with Crippen molar-refractivity contribution in [1.29, 1.82) is 0 Å². The van der Waals surface area contributed by atoms with Crippen molar-refractivity contribution in [2.75, 3.05) is 14.1 Å². The van der Waals surface area contributed by atoms with Crippen LogP contribution >= 0.6 is 11.8 Å². The van der Waals surface area contributed by atoms with E-state index in [0.717, 1.165) is 0 Å². The summed E-state index contributed by atoms with van der Waals surface area (Å²) >= 11 is 1.35. The first-order chi connectivity index (χ1) is 10.3. The Bertz CT molecular complexity index is 753. The van der Waals surface area contributed by atoms with Gasteiger partial charge in [0.25, 0.3) is 5.56 Å². The minimum absolute atomic E-state index is 0.0300. The highest BCUT2D eigenvalue weighted by molar-refractivity contribution is 8.00. The minimum atomic E-state index is -0.269. The molecule has 0 saturated heterocycles. The summed E-state index contributed by atoms with van der Waals surface area (Å²) in [6.45, 7) is 4.00. The summed E-state index contributed by atoms with van der Waals surface area (Å²) in [5.41, 5.74) is 0.570. The van der Waals surface area contributed by atoms with Crippen LogP contribution in [0.15, 0.2) is 34.2 Å². The predicted molar refractivity (Wildman–Crippen MR) is 90.2 cm³/mol. The molecule has 0 aliphatic rings. The Labute approximate surface area is 134 Å². The smallest absolute Gasteiger partial charge is 0.261 e. The van der Waals surface area contributed by atoms with E-state index < -0.39 is 0 Å². The molecule has 1 aromatic heterocycles. The summed E-state index contributed by atoms with van der Waals surface area (Å²) < 4.78 is 1.52. The maximum atomic E-state index is 12.4.